The van der Waals surface area contributed by atoms with Crippen LogP contribution in [0.4, 0.5) is 0 Å². The van der Waals surface area contributed by atoms with Gasteiger partial charge in [0.1, 0.15) is 5.51 Å². The number of carbonyl (C=O) groups excluding carboxylic acids is 1. The van der Waals surface area contributed by atoms with Crippen molar-refractivity contribution in [3.63, 3.8) is 0 Å². The lowest BCUT2D eigenvalue weighted by atomic mass is 9.94. The highest BCUT2D eigenvalue weighted by atomic mass is 32.2. The quantitative estimate of drug-likeness (QED) is 0.561. The molecule has 0 aliphatic rings. The van der Waals surface area contributed by atoms with Gasteiger partial charge in [-0.1, -0.05) is 23.1 Å². The number of carbonyl (C=O) groups is 1. The van der Waals surface area contributed by atoms with Gasteiger partial charge in [0, 0.05) is 11.8 Å². The lowest BCUT2D eigenvalue weighted by molar-refractivity contribution is -0.124. The summed E-state index contributed by atoms with van der Waals surface area (Å²) in [7, 11) is 0. The fourth-order valence-corrected chi connectivity index (χ4v) is 3.21. The van der Waals surface area contributed by atoms with E-state index in [1.165, 1.54) is 11.3 Å². The van der Waals surface area contributed by atoms with Crippen LogP contribution < -0.4 is 11.1 Å². The maximum atomic E-state index is 11.5. The maximum absolute atomic E-state index is 11.5. The van der Waals surface area contributed by atoms with Crippen molar-refractivity contribution in [2.75, 3.05) is 5.75 Å². The van der Waals surface area contributed by atoms with Crippen LogP contribution in [0.3, 0.4) is 0 Å². The average Bonchev–Trinajstić information content (AvgIpc) is 2.76. The molecule has 1 atom stereocenters. The molecule has 0 saturated heterocycles. The Balaban J connectivity index is 2.36. The second-order valence-corrected chi connectivity index (χ2v) is 6.83. The Labute approximate surface area is 116 Å². The highest BCUT2D eigenvalue weighted by Crippen LogP contribution is 2.22. The Morgan fingerprint density at radius 1 is 1.67 bits per heavy atom. The van der Waals surface area contributed by atoms with Crippen molar-refractivity contribution in [2.24, 2.45) is 5.73 Å². The zero-order chi connectivity index (χ0) is 13.6. The fraction of sp³-hybridized carbons (Fsp3) is 0.727. The van der Waals surface area contributed by atoms with Crippen molar-refractivity contribution in [3.8, 4) is 0 Å². The second-order valence-electron chi connectivity index (χ2n) is 4.65. The van der Waals surface area contributed by atoms with Crippen LogP contribution in [-0.4, -0.2) is 33.4 Å². The van der Waals surface area contributed by atoms with Crippen LogP contribution in [0.1, 0.15) is 33.6 Å². The first kappa shape index (κ1) is 15.4. The first-order valence-corrected chi connectivity index (χ1v) is 7.77. The number of hydrogen-bond acceptors (Lipinski definition) is 6. The van der Waals surface area contributed by atoms with Gasteiger partial charge >= 0.3 is 0 Å². The zero-order valence-electron chi connectivity index (χ0n) is 11.0. The molecule has 0 aliphatic heterocycles. The van der Waals surface area contributed by atoms with Crippen molar-refractivity contribution >= 4 is 29.0 Å². The van der Waals surface area contributed by atoms with Crippen molar-refractivity contribution in [1.82, 2.24) is 15.5 Å². The minimum Gasteiger partial charge on any atom is -0.368 e. The van der Waals surface area contributed by atoms with Gasteiger partial charge in [-0.2, -0.15) is 0 Å². The summed E-state index contributed by atoms with van der Waals surface area (Å²) in [6.07, 6.45) is 1.63. The van der Waals surface area contributed by atoms with Crippen LogP contribution in [0.15, 0.2) is 9.85 Å². The Morgan fingerprint density at radius 2 is 2.39 bits per heavy atom. The van der Waals surface area contributed by atoms with E-state index in [0.29, 0.717) is 0 Å². The van der Waals surface area contributed by atoms with E-state index < -0.39 is 5.54 Å². The predicted octanol–water partition coefficient (Wildman–Crippen LogP) is 1.65. The summed E-state index contributed by atoms with van der Waals surface area (Å²) in [5.41, 5.74) is 6.56. The third-order valence-corrected chi connectivity index (χ3v) is 4.48. The van der Waals surface area contributed by atoms with E-state index >= 15 is 0 Å². The van der Waals surface area contributed by atoms with Gasteiger partial charge in [0.25, 0.3) is 0 Å². The molecule has 1 aromatic rings. The molecule has 0 aliphatic carbocycles. The zero-order valence-corrected chi connectivity index (χ0v) is 12.6. The van der Waals surface area contributed by atoms with Crippen molar-refractivity contribution in [2.45, 2.75) is 49.5 Å². The molecule has 18 heavy (non-hydrogen) atoms. The number of hydrogen-bond donors (Lipinski definition) is 2. The van der Waals surface area contributed by atoms with Gasteiger partial charge in [0.05, 0.1) is 5.54 Å². The van der Waals surface area contributed by atoms with Crippen LogP contribution in [0.25, 0.3) is 0 Å². The molecule has 7 heteroatoms. The molecule has 1 unspecified atom stereocenters. The SMILES string of the molecule is CC(C)NC(C)(CCCSc1nncs1)C(N)=O. The molecule has 1 rings (SSSR count). The largest absolute Gasteiger partial charge is 0.368 e. The van der Waals surface area contributed by atoms with Crippen LogP contribution in [0.2, 0.25) is 0 Å². The summed E-state index contributed by atoms with van der Waals surface area (Å²) in [6, 6.07) is 0.235. The summed E-state index contributed by atoms with van der Waals surface area (Å²) in [5.74, 6) is 0.620. The lowest BCUT2D eigenvalue weighted by Crippen LogP contribution is -2.55. The van der Waals surface area contributed by atoms with E-state index in [0.717, 1.165) is 22.9 Å². The molecule has 0 radical (unpaired) electrons. The average molecular weight is 288 g/mol. The van der Waals surface area contributed by atoms with E-state index in [-0.39, 0.29) is 11.9 Å². The van der Waals surface area contributed by atoms with Crippen molar-refractivity contribution in [1.29, 1.82) is 0 Å². The van der Waals surface area contributed by atoms with Gasteiger partial charge in [-0.3, -0.25) is 4.79 Å². The van der Waals surface area contributed by atoms with Gasteiger partial charge in [-0.05, 0) is 33.6 Å². The number of amides is 1. The molecule has 0 fully saturated rings. The summed E-state index contributed by atoms with van der Waals surface area (Å²) < 4.78 is 0.965. The maximum Gasteiger partial charge on any atom is 0.237 e. The van der Waals surface area contributed by atoms with E-state index in [2.05, 4.69) is 15.5 Å². The molecule has 102 valence electrons. The summed E-state index contributed by atoms with van der Waals surface area (Å²) in [4.78, 5) is 11.5. The predicted molar refractivity (Wildman–Crippen MR) is 75.7 cm³/mol. The number of aromatic nitrogens is 2. The number of nitrogens with two attached hydrogens (primary N) is 1. The Morgan fingerprint density at radius 3 is 2.89 bits per heavy atom. The Hall–Kier alpha value is -0.660. The highest BCUT2D eigenvalue weighted by molar-refractivity contribution is 8.00. The number of nitrogens with zero attached hydrogens (tertiary/aromatic N) is 2. The topological polar surface area (TPSA) is 80.9 Å². The molecule has 0 aromatic carbocycles. The molecule has 0 saturated carbocycles. The summed E-state index contributed by atoms with van der Waals surface area (Å²) >= 11 is 3.19. The second kappa shape index (κ2) is 7.06. The lowest BCUT2D eigenvalue weighted by Gasteiger charge is -2.29. The first-order valence-electron chi connectivity index (χ1n) is 5.90. The standard InChI is InChI=1S/C11H20N4OS2/c1-8(2)14-11(3,9(12)16)5-4-6-17-10-15-13-7-18-10/h7-8,14H,4-6H2,1-3H3,(H2,12,16). The summed E-state index contributed by atoms with van der Waals surface area (Å²) in [5, 5.41) is 11.0. The molecule has 1 heterocycles. The van der Waals surface area contributed by atoms with Crippen LogP contribution in [0.5, 0.6) is 0 Å². The number of rotatable bonds is 8. The fourth-order valence-electron chi connectivity index (χ4n) is 1.71. The minimum atomic E-state index is -0.629. The van der Waals surface area contributed by atoms with Gasteiger partial charge in [0.15, 0.2) is 4.34 Å². The molecular formula is C11H20N4OS2. The normalized spacial score (nSPS) is 14.7. The van der Waals surface area contributed by atoms with Crippen LogP contribution in [0, 0.1) is 0 Å². The monoisotopic (exact) mass is 288 g/mol. The minimum absolute atomic E-state index is 0.235. The van der Waals surface area contributed by atoms with E-state index in [1.54, 1.807) is 17.3 Å². The summed E-state index contributed by atoms with van der Waals surface area (Å²) in [6.45, 7) is 5.89. The van der Waals surface area contributed by atoms with Gasteiger partial charge in [0.2, 0.25) is 5.91 Å². The molecular weight excluding hydrogens is 268 g/mol. The highest BCUT2D eigenvalue weighted by Gasteiger charge is 2.30. The Kier molecular flexibility index (Phi) is 6.04. The molecule has 0 bridgehead atoms. The van der Waals surface area contributed by atoms with Crippen LogP contribution >= 0.6 is 23.1 Å². The van der Waals surface area contributed by atoms with Crippen molar-refractivity contribution < 1.29 is 4.79 Å². The molecule has 5 nitrogen and oxygen atoms in total. The molecule has 0 spiro atoms. The van der Waals surface area contributed by atoms with E-state index in [9.17, 15) is 4.79 Å². The molecule has 3 N–H and O–H groups in total. The van der Waals surface area contributed by atoms with Gasteiger partial charge in [-0.25, -0.2) is 0 Å². The number of nitrogens with one attached hydrogen (secondary N) is 1. The van der Waals surface area contributed by atoms with Gasteiger partial charge in [-0.15, -0.1) is 10.2 Å². The third-order valence-electron chi connectivity index (χ3n) is 2.54. The first-order chi connectivity index (χ1) is 8.44. The molecule has 1 aromatic heterocycles. The van der Waals surface area contributed by atoms with E-state index in [4.69, 9.17) is 5.73 Å². The molecule has 1 amide bonds. The smallest absolute Gasteiger partial charge is 0.237 e. The van der Waals surface area contributed by atoms with E-state index in [1.807, 2.05) is 20.8 Å². The van der Waals surface area contributed by atoms with Crippen molar-refractivity contribution in [3.05, 3.63) is 5.51 Å². The number of primary amides is 1. The third kappa shape index (κ3) is 4.91. The number of thioether (sulfide) groups is 1. The van der Waals surface area contributed by atoms with Crippen LogP contribution in [-0.2, 0) is 4.79 Å². The van der Waals surface area contributed by atoms with Gasteiger partial charge < -0.3 is 11.1 Å². The Bertz CT molecular complexity index is 369.